The molecule has 0 aromatic carbocycles. The fourth-order valence-electron chi connectivity index (χ4n) is 1.06. The largest absolute Gasteiger partial charge is 0.481 e. The Labute approximate surface area is 87.1 Å². The summed E-state index contributed by atoms with van der Waals surface area (Å²) in [5.74, 6) is -1.10. The summed E-state index contributed by atoms with van der Waals surface area (Å²) < 4.78 is 0. The van der Waals surface area contributed by atoms with Crippen molar-refractivity contribution in [1.29, 1.82) is 0 Å². The number of hydrogen-bond donors (Lipinski definition) is 2. The Kier molecular flexibility index (Phi) is 4.28. The molecule has 0 aliphatic carbocycles. The molecule has 0 aliphatic heterocycles. The summed E-state index contributed by atoms with van der Waals surface area (Å²) in [6.07, 6.45) is 3.42. The first kappa shape index (κ1) is 11.2. The van der Waals surface area contributed by atoms with Crippen LogP contribution in [0.3, 0.4) is 0 Å². The lowest BCUT2D eigenvalue weighted by atomic mass is 10.2. The predicted molar refractivity (Wildman–Crippen MR) is 53.2 cm³/mol. The molecule has 1 rings (SSSR count). The number of aromatic nitrogens is 1. The summed E-state index contributed by atoms with van der Waals surface area (Å²) in [6, 6.07) is 3.49. The van der Waals surface area contributed by atoms with E-state index in [0.29, 0.717) is 0 Å². The second kappa shape index (κ2) is 5.74. The van der Waals surface area contributed by atoms with Crippen LogP contribution >= 0.6 is 0 Å². The van der Waals surface area contributed by atoms with Gasteiger partial charge in [-0.05, 0) is 17.7 Å². The minimum absolute atomic E-state index is 0.0535. The van der Waals surface area contributed by atoms with Gasteiger partial charge in [0.05, 0.1) is 12.8 Å². The number of hydrogen-bond acceptors (Lipinski definition) is 3. The van der Waals surface area contributed by atoms with E-state index < -0.39 is 5.97 Å². The zero-order valence-electron chi connectivity index (χ0n) is 8.14. The van der Waals surface area contributed by atoms with Crippen LogP contribution in [0.25, 0.3) is 0 Å². The summed E-state index contributed by atoms with van der Waals surface area (Å²) in [5, 5.41) is 10.9. The number of nitrogens with one attached hydrogen (secondary N) is 1. The van der Waals surface area contributed by atoms with Gasteiger partial charge in [-0.3, -0.25) is 14.6 Å². The van der Waals surface area contributed by atoms with Gasteiger partial charge in [0, 0.05) is 18.9 Å². The smallest absolute Gasteiger partial charge is 0.305 e. The zero-order chi connectivity index (χ0) is 11.1. The molecule has 0 fully saturated rings. The summed E-state index contributed by atoms with van der Waals surface area (Å²) in [6.45, 7) is 0.166. The van der Waals surface area contributed by atoms with Crippen LogP contribution in [-0.4, -0.2) is 28.5 Å². The third kappa shape index (κ3) is 4.75. The summed E-state index contributed by atoms with van der Waals surface area (Å²) in [5.41, 5.74) is 0.859. The lowest BCUT2D eigenvalue weighted by Gasteiger charge is -2.02. The van der Waals surface area contributed by atoms with Crippen molar-refractivity contribution in [3.63, 3.8) is 0 Å². The molecule has 0 radical (unpaired) electrons. The predicted octanol–water partition coefficient (Wildman–Crippen LogP) is 0.215. The molecule has 0 aliphatic rings. The number of amides is 1. The highest BCUT2D eigenvalue weighted by atomic mass is 16.4. The number of aliphatic carboxylic acids is 1. The molecule has 0 bridgehead atoms. The average Bonchev–Trinajstić information content (AvgIpc) is 2.18. The van der Waals surface area contributed by atoms with E-state index in [1.165, 1.54) is 0 Å². The Bertz CT molecular complexity index is 338. The molecule has 0 unspecified atom stereocenters. The van der Waals surface area contributed by atoms with E-state index in [0.717, 1.165) is 5.56 Å². The Balaban J connectivity index is 2.28. The lowest BCUT2D eigenvalue weighted by molar-refractivity contribution is -0.136. The molecule has 0 atom stereocenters. The van der Waals surface area contributed by atoms with E-state index in [4.69, 9.17) is 5.11 Å². The topological polar surface area (TPSA) is 79.3 Å². The van der Waals surface area contributed by atoms with Gasteiger partial charge in [0.2, 0.25) is 5.91 Å². The molecular weight excluding hydrogens is 196 g/mol. The van der Waals surface area contributed by atoms with Crippen molar-refractivity contribution < 1.29 is 14.7 Å². The van der Waals surface area contributed by atoms with Crippen LogP contribution in [0.1, 0.15) is 12.0 Å². The van der Waals surface area contributed by atoms with Crippen LogP contribution in [-0.2, 0) is 16.0 Å². The molecule has 5 nitrogen and oxygen atoms in total. The SMILES string of the molecule is O=C(O)CCNC(=O)Cc1ccncc1. The molecule has 0 saturated heterocycles. The van der Waals surface area contributed by atoms with Crippen LogP contribution in [0.4, 0.5) is 0 Å². The molecule has 1 amide bonds. The van der Waals surface area contributed by atoms with Gasteiger partial charge >= 0.3 is 5.97 Å². The van der Waals surface area contributed by atoms with Crippen molar-refractivity contribution in [3.8, 4) is 0 Å². The summed E-state index contributed by atoms with van der Waals surface area (Å²) in [7, 11) is 0. The number of nitrogens with zero attached hydrogens (tertiary/aromatic N) is 1. The van der Waals surface area contributed by atoms with E-state index in [1.54, 1.807) is 24.5 Å². The first-order chi connectivity index (χ1) is 7.18. The van der Waals surface area contributed by atoms with E-state index in [1.807, 2.05) is 0 Å². The van der Waals surface area contributed by atoms with Crippen molar-refractivity contribution in [2.45, 2.75) is 12.8 Å². The lowest BCUT2D eigenvalue weighted by Crippen LogP contribution is -2.27. The van der Waals surface area contributed by atoms with Gasteiger partial charge in [0.15, 0.2) is 0 Å². The maximum Gasteiger partial charge on any atom is 0.305 e. The van der Waals surface area contributed by atoms with Crippen LogP contribution in [0.15, 0.2) is 24.5 Å². The second-order valence-corrected chi connectivity index (χ2v) is 3.03. The number of carbonyl (C=O) groups is 2. The monoisotopic (exact) mass is 208 g/mol. The third-order valence-corrected chi connectivity index (χ3v) is 1.78. The Morgan fingerprint density at radius 2 is 2.00 bits per heavy atom. The molecule has 5 heteroatoms. The second-order valence-electron chi connectivity index (χ2n) is 3.03. The van der Waals surface area contributed by atoms with Gasteiger partial charge in [-0.2, -0.15) is 0 Å². The van der Waals surface area contributed by atoms with Crippen molar-refractivity contribution in [2.75, 3.05) is 6.54 Å². The van der Waals surface area contributed by atoms with Gasteiger partial charge in [0.25, 0.3) is 0 Å². The Morgan fingerprint density at radius 3 is 2.60 bits per heavy atom. The molecule has 1 heterocycles. The van der Waals surface area contributed by atoms with Crippen LogP contribution < -0.4 is 5.32 Å². The highest BCUT2D eigenvalue weighted by Crippen LogP contribution is 1.96. The molecule has 1 aromatic rings. The van der Waals surface area contributed by atoms with Crippen LogP contribution in [0.2, 0.25) is 0 Å². The summed E-state index contributed by atoms with van der Waals surface area (Å²) >= 11 is 0. The van der Waals surface area contributed by atoms with Crippen LogP contribution in [0.5, 0.6) is 0 Å². The number of carboxylic acid groups (broad SMARTS) is 1. The molecule has 0 saturated carbocycles. The highest BCUT2D eigenvalue weighted by molar-refractivity contribution is 5.79. The molecule has 1 aromatic heterocycles. The van der Waals surface area contributed by atoms with Gasteiger partial charge in [-0.15, -0.1) is 0 Å². The van der Waals surface area contributed by atoms with E-state index in [9.17, 15) is 9.59 Å². The number of rotatable bonds is 5. The van der Waals surface area contributed by atoms with Crippen LogP contribution in [0, 0.1) is 0 Å². The highest BCUT2D eigenvalue weighted by Gasteiger charge is 2.03. The van der Waals surface area contributed by atoms with Crippen molar-refractivity contribution in [3.05, 3.63) is 30.1 Å². The molecule has 15 heavy (non-hydrogen) atoms. The van der Waals surface area contributed by atoms with E-state index in [2.05, 4.69) is 10.3 Å². The van der Waals surface area contributed by atoms with Crippen molar-refractivity contribution in [2.24, 2.45) is 0 Å². The van der Waals surface area contributed by atoms with Gasteiger partial charge < -0.3 is 10.4 Å². The Morgan fingerprint density at radius 1 is 1.33 bits per heavy atom. The first-order valence-electron chi connectivity index (χ1n) is 4.56. The molecule has 0 spiro atoms. The number of carboxylic acids is 1. The van der Waals surface area contributed by atoms with E-state index >= 15 is 0 Å². The molecular formula is C10H12N2O3. The third-order valence-electron chi connectivity index (χ3n) is 1.78. The van der Waals surface area contributed by atoms with Gasteiger partial charge in [0.1, 0.15) is 0 Å². The van der Waals surface area contributed by atoms with Crippen molar-refractivity contribution >= 4 is 11.9 Å². The fourth-order valence-corrected chi connectivity index (χ4v) is 1.06. The van der Waals surface area contributed by atoms with Gasteiger partial charge in [-0.25, -0.2) is 0 Å². The Hall–Kier alpha value is -1.91. The van der Waals surface area contributed by atoms with Gasteiger partial charge in [-0.1, -0.05) is 0 Å². The maximum absolute atomic E-state index is 11.3. The van der Waals surface area contributed by atoms with E-state index in [-0.39, 0.29) is 25.3 Å². The maximum atomic E-state index is 11.3. The minimum Gasteiger partial charge on any atom is -0.481 e. The standard InChI is InChI=1S/C10H12N2O3/c13-9(12-6-3-10(14)15)7-8-1-4-11-5-2-8/h1-2,4-5H,3,6-7H2,(H,12,13)(H,14,15). The number of pyridine rings is 1. The first-order valence-corrected chi connectivity index (χ1v) is 4.56. The quantitative estimate of drug-likeness (QED) is 0.725. The zero-order valence-corrected chi connectivity index (χ0v) is 8.14. The van der Waals surface area contributed by atoms with Crippen molar-refractivity contribution in [1.82, 2.24) is 10.3 Å². The molecule has 80 valence electrons. The minimum atomic E-state index is -0.917. The fraction of sp³-hybridized carbons (Fsp3) is 0.300. The normalized spacial score (nSPS) is 9.60. The molecule has 2 N–H and O–H groups in total. The number of carbonyl (C=O) groups excluding carboxylic acids is 1. The summed E-state index contributed by atoms with van der Waals surface area (Å²) in [4.78, 5) is 25.3. The average molecular weight is 208 g/mol.